The number of benzene rings is 1. The van der Waals surface area contributed by atoms with Crippen LogP contribution in [-0.4, -0.2) is 33.8 Å². The Bertz CT molecular complexity index is 997. The van der Waals surface area contributed by atoms with E-state index in [2.05, 4.69) is 15.3 Å². The number of aromatic nitrogens is 3. The van der Waals surface area contributed by atoms with E-state index in [9.17, 15) is 9.59 Å². The lowest BCUT2D eigenvalue weighted by atomic mass is 10.2. The fourth-order valence-electron chi connectivity index (χ4n) is 2.29. The van der Waals surface area contributed by atoms with Crippen LogP contribution in [0, 0.1) is 6.92 Å². The fraction of sp³-hybridized carbons (Fsp3) is 0.250. The first-order valence-corrected chi connectivity index (χ1v) is 9.40. The Hall–Kier alpha value is -2.39. The van der Waals surface area contributed by atoms with Gasteiger partial charge in [0.15, 0.2) is 9.99 Å². The van der Waals surface area contributed by atoms with E-state index >= 15 is 0 Å². The molecule has 0 atom stereocenters. The summed E-state index contributed by atoms with van der Waals surface area (Å²) in [7, 11) is 1.54. The zero-order valence-electron chi connectivity index (χ0n) is 13.9. The maximum Gasteiger partial charge on any atom is 0.273 e. The molecule has 1 aromatic carbocycles. The Morgan fingerprint density at radius 3 is 2.96 bits per heavy atom. The molecule has 7 nitrogen and oxygen atoms in total. The second kappa shape index (κ2) is 7.24. The number of rotatable bonds is 5. The third-order valence-corrected chi connectivity index (χ3v) is 5.50. The third-order valence-electron chi connectivity index (χ3n) is 3.48. The van der Waals surface area contributed by atoms with Crippen LogP contribution in [0.3, 0.4) is 0 Å². The van der Waals surface area contributed by atoms with Gasteiger partial charge < -0.3 is 10.1 Å². The van der Waals surface area contributed by atoms with Crippen molar-refractivity contribution in [2.45, 2.75) is 17.8 Å². The second-order valence-electron chi connectivity index (χ2n) is 5.27. The SMILES string of the molecule is COc1ccc(C)cc1NC(=O)Cn1cnc2nc(SC)sc2c1=O. The molecule has 0 unspecified atom stereocenters. The standard InChI is InChI=1S/C16H16N4O3S2/c1-9-4-5-11(23-2)10(6-9)18-12(21)7-20-8-17-14-13(15(20)22)25-16(19-14)24-3/h4-6,8H,7H2,1-3H3,(H,18,21). The summed E-state index contributed by atoms with van der Waals surface area (Å²) in [6.07, 6.45) is 3.24. The Balaban J connectivity index is 1.84. The van der Waals surface area contributed by atoms with Crippen molar-refractivity contribution in [3.8, 4) is 5.75 Å². The molecule has 25 heavy (non-hydrogen) atoms. The van der Waals surface area contributed by atoms with Crippen LogP contribution in [0.5, 0.6) is 5.75 Å². The van der Waals surface area contributed by atoms with Crippen LogP contribution in [-0.2, 0) is 11.3 Å². The number of thioether (sulfide) groups is 1. The molecule has 2 aromatic heterocycles. The van der Waals surface area contributed by atoms with Gasteiger partial charge in [-0.3, -0.25) is 14.2 Å². The summed E-state index contributed by atoms with van der Waals surface area (Å²) in [5, 5.41) is 2.77. The maximum absolute atomic E-state index is 12.5. The molecule has 0 saturated heterocycles. The van der Waals surface area contributed by atoms with E-state index in [0.717, 1.165) is 9.90 Å². The van der Waals surface area contributed by atoms with Gasteiger partial charge >= 0.3 is 0 Å². The number of aryl methyl sites for hydroxylation is 1. The van der Waals surface area contributed by atoms with Gasteiger partial charge in [0, 0.05) is 0 Å². The van der Waals surface area contributed by atoms with Gasteiger partial charge in [0.1, 0.15) is 23.3 Å². The summed E-state index contributed by atoms with van der Waals surface area (Å²) in [6, 6.07) is 5.49. The second-order valence-corrected chi connectivity index (χ2v) is 7.32. The van der Waals surface area contributed by atoms with Crippen LogP contribution >= 0.6 is 23.1 Å². The summed E-state index contributed by atoms with van der Waals surface area (Å²) in [5.74, 6) is 0.230. The number of nitrogens with one attached hydrogen (secondary N) is 1. The van der Waals surface area contributed by atoms with Gasteiger partial charge in [-0.1, -0.05) is 17.8 Å². The molecule has 0 radical (unpaired) electrons. The van der Waals surface area contributed by atoms with Crippen molar-refractivity contribution in [2.75, 3.05) is 18.7 Å². The third kappa shape index (κ3) is 3.67. The van der Waals surface area contributed by atoms with Crippen LogP contribution in [0.2, 0.25) is 0 Å². The number of ether oxygens (including phenoxy) is 1. The number of fused-ring (bicyclic) bond motifs is 1. The summed E-state index contributed by atoms with van der Waals surface area (Å²) in [6.45, 7) is 1.79. The highest BCUT2D eigenvalue weighted by Gasteiger charge is 2.13. The van der Waals surface area contributed by atoms with E-state index in [1.54, 1.807) is 6.07 Å². The highest BCUT2D eigenvalue weighted by atomic mass is 32.2. The number of nitrogens with zero attached hydrogens (tertiary/aromatic N) is 3. The summed E-state index contributed by atoms with van der Waals surface area (Å²) >= 11 is 2.74. The molecule has 0 aliphatic carbocycles. The fourth-order valence-corrected chi connectivity index (χ4v) is 3.75. The van der Waals surface area contributed by atoms with Crippen LogP contribution in [0.25, 0.3) is 10.3 Å². The molecular weight excluding hydrogens is 360 g/mol. The lowest BCUT2D eigenvalue weighted by molar-refractivity contribution is -0.116. The van der Waals surface area contributed by atoms with Crippen LogP contribution in [0.15, 0.2) is 33.7 Å². The smallest absolute Gasteiger partial charge is 0.273 e. The van der Waals surface area contributed by atoms with E-state index < -0.39 is 0 Å². The van der Waals surface area contributed by atoms with Gasteiger partial charge in [-0.25, -0.2) is 9.97 Å². The molecule has 1 amide bonds. The first-order valence-electron chi connectivity index (χ1n) is 7.36. The van der Waals surface area contributed by atoms with Gasteiger partial charge in [0.25, 0.3) is 5.56 Å². The molecule has 9 heteroatoms. The van der Waals surface area contributed by atoms with Crippen LogP contribution in [0.1, 0.15) is 5.56 Å². The number of methoxy groups -OCH3 is 1. The van der Waals surface area contributed by atoms with Gasteiger partial charge in [-0.05, 0) is 30.9 Å². The highest BCUT2D eigenvalue weighted by molar-refractivity contribution is 8.00. The molecule has 0 fully saturated rings. The van der Waals surface area contributed by atoms with E-state index in [0.29, 0.717) is 21.8 Å². The van der Waals surface area contributed by atoms with Crippen molar-refractivity contribution in [2.24, 2.45) is 0 Å². The minimum absolute atomic E-state index is 0.134. The predicted octanol–water partition coefficient (Wildman–Crippen LogP) is 2.53. The van der Waals surface area contributed by atoms with E-state index in [1.807, 2.05) is 25.3 Å². The Kier molecular flexibility index (Phi) is 5.05. The van der Waals surface area contributed by atoms with Crippen molar-refractivity contribution >= 4 is 45.0 Å². The minimum atomic E-state index is -0.332. The van der Waals surface area contributed by atoms with Gasteiger partial charge in [-0.2, -0.15) is 0 Å². The van der Waals surface area contributed by atoms with Gasteiger partial charge in [-0.15, -0.1) is 11.3 Å². The van der Waals surface area contributed by atoms with Crippen molar-refractivity contribution < 1.29 is 9.53 Å². The van der Waals surface area contributed by atoms with E-state index in [1.165, 1.54) is 41.1 Å². The molecule has 130 valence electrons. The van der Waals surface area contributed by atoms with Crippen molar-refractivity contribution in [1.29, 1.82) is 0 Å². The largest absolute Gasteiger partial charge is 0.495 e. The number of carbonyl (C=O) groups excluding carboxylic acids is 1. The number of hydrogen-bond acceptors (Lipinski definition) is 7. The molecule has 0 aliphatic rings. The molecule has 0 bridgehead atoms. The molecule has 0 spiro atoms. The van der Waals surface area contributed by atoms with E-state index in [-0.39, 0.29) is 18.0 Å². The highest BCUT2D eigenvalue weighted by Crippen LogP contribution is 2.25. The van der Waals surface area contributed by atoms with E-state index in [4.69, 9.17) is 4.74 Å². The quantitative estimate of drug-likeness (QED) is 0.689. The number of carbonyl (C=O) groups is 1. The molecule has 0 saturated carbocycles. The topological polar surface area (TPSA) is 86.1 Å². The average Bonchev–Trinajstić information content (AvgIpc) is 3.02. The Morgan fingerprint density at radius 2 is 2.24 bits per heavy atom. The monoisotopic (exact) mass is 376 g/mol. The lowest BCUT2D eigenvalue weighted by Gasteiger charge is -2.11. The molecule has 1 N–H and O–H groups in total. The normalized spacial score (nSPS) is 10.8. The van der Waals surface area contributed by atoms with Gasteiger partial charge in [0.2, 0.25) is 5.91 Å². The number of anilines is 1. The molecule has 0 aliphatic heterocycles. The van der Waals surface area contributed by atoms with Crippen molar-refractivity contribution in [3.05, 3.63) is 40.4 Å². The van der Waals surface area contributed by atoms with Crippen molar-refractivity contribution in [3.63, 3.8) is 0 Å². The number of amides is 1. The van der Waals surface area contributed by atoms with Crippen LogP contribution in [0.4, 0.5) is 5.69 Å². The Morgan fingerprint density at radius 1 is 1.44 bits per heavy atom. The maximum atomic E-state index is 12.5. The predicted molar refractivity (Wildman–Crippen MR) is 99.8 cm³/mol. The molecule has 3 aromatic rings. The molecular formula is C16H16N4O3S2. The molecule has 3 rings (SSSR count). The zero-order chi connectivity index (χ0) is 18.0. The minimum Gasteiger partial charge on any atom is -0.495 e. The lowest BCUT2D eigenvalue weighted by Crippen LogP contribution is -2.27. The van der Waals surface area contributed by atoms with Crippen molar-refractivity contribution in [1.82, 2.24) is 14.5 Å². The average molecular weight is 376 g/mol. The molecule has 2 heterocycles. The van der Waals surface area contributed by atoms with Gasteiger partial charge in [0.05, 0.1) is 12.8 Å². The number of thiazole rings is 1. The number of hydrogen-bond donors (Lipinski definition) is 1. The summed E-state index contributed by atoms with van der Waals surface area (Å²) < 4.78 is 7.74. The van der Waals surface area contributed by atoms with Crippen LogP contribution < -0.4 is 15.6 Å². The zero-order valence-corrected chi connectivity index (χ0v) is 15.5. The first-order chi connectivity index (χ1) is 12.0. The first kappa shape index (κ1) is 17.4. The Labute approximate surface area is 152 Å². The summed E-state index contributed by atoms with van der Waals surface area (Å²) in [4.78, 5) is 33.3. The summed E-state index contributed by atoms with van der Waals surface area (Å²) in [5.41, 5.74) is 1.70.